The lowest BCUT2D eigenvalue weighted by molar-refractivity contribution is 0.0954. The van der Waals surface area contributed by atoms with Crippen molar-refractivity contribution in [1.29, 1.82) is 0 Å². The fourth-order valence-corrected chi connectivity index (χ4v) is 4.82. The number of fused-ring (bicyclic) bond motifs is 1. The molecule has 0 fully saturated rings. The fraction of sp³-hybridized carbons (Fsp3) is 0.130. The number of benzene rings is 3. The highest BCUT2D eigenvalue weighted by molar-refractivity contribution is 7.92. The molecule has 4 rings (SSSR count). The molecule has 0 aliphatic heterocycles. The van der Waals surface area contributed by atoms with Crippen LogP contribution in [0.5, 0.6) is 0 Å². The quantitative estimate of drug-likeness (QED) is 0.553. The molecule has 6 nitrogen and oxygen atoms in total. The lowest BCUT2D eigenvalue weighted by Gasteiger charge is -2.17. The van der Waals surface area contributed by atoms with Gasteiger partial charge < -0.3 is 0 Å². The summed E-state index contributed by atoms with van der Waals surface area (Å²) in [4.78, 5) is 12.6. The molecule has 0 saturated heterocycles. The summed E-state index contributed by atoms with van der Waals surface area (Å²) in [7, 11) is -3.92. The summed E-state index contributed by atoms with van der Waals surface area (Å²) in [5.41, 5.74) is 6.08. The van der Waals surface area contributed by atoms with Crippen LogP contribution in [0.2, 0.25) is 5.02 Å². The highest BCUT2D eigenvalue weighted by atomic mass is 35.5. The lowest BCUT2D eigenvalue weighted by atomic mass is 9.90. The zero-order chi connectivity index (χ0) is 21.8. The standard InChI is InChI=1S/C23H20ClN3O3S/c24-20-12-3-4-13-22(20)27-31(29,30)18-10-5-9-17(15-18)23(28)26-25-21-14-6-8-16-7-1-2-11-19(16)21/h1-5,7,9-13,15,27H,6,8,14H2,(H,26,28)/b25-21+. The van der Waals surface area contributed by atoms with Crippen molar-refractivity contribution in [2.75, 3.05) is 4.72 Å². The summed E-state index contributed by atoms with van der Waals surface area (Å²) in [5, 5.41) is 4.59. The Morgan fingerprint density at radius 1 is 0.935 bits per heavy atom. The Labute approximate surface area is 186 Å². The van der Waals surface area contributed by atoms with E-state index in [0.717, 1.165) is 30.5 Å². The largest absolute Gasteiger partial charge is 0.278 e. The van der Waals surface area contributed by atoms with Gasteiger partial charge in [0.2, 0.25) is 0 Å². The molecule has 0 radical (unpaired) electrons. The summed E-state index contributed by atoms with van der Waals surface area (Å²) in [6, 6.07) is 20.3. The van der Waals surface area contributed by atoms with E-state index in [0.29, 0.717) is 0 Å². The molecule has 0 unspecified atom stereocenters. The average molecular weight is 454 g/mol. The van der Waals surface area contributed by atoms with E-state index in [1.807, 2.05) is 18.2 Å². The van der Waals surface area contributed by atoms with E-state index in [-0.39, 0.29) is 21.2 Å². The molecule has 31 heavy (non-hydrogen) atoms. The molecule has 3 aromatic carbocycles. The first-order valence-electron chi connectivity index (χ1n) is 9.77. The number of para-hydroxylation sites is 1. The van der Waals surface area contributed by atoms with Crippen molar-refractivity contribution in [3.05, 3.63) is 94.5 Å². The number of aryl methyl sites for hydroxylation is 1. The molecular weight excluding hydrogens is 434 g/mol. The maximum Gasteiger partial charge on any atom is 0.271 e. The van der Waals surface area contributed by atoms with E-state index < -0.39 is 15.9 Å². The number of sulfonamides is 1. The van der Waals surface area contributed by atoms with Gasteiger partial charge in [-0.15, -0.1) is 0 Å². The monoisotopic (exact) mass is 453 g/mol. The number of anilines is 1. The third kappa shape index (κ3) is 4.78. The van der Waals surface area contributed by atoms with Gasteiger partial charge in [0.05, 0.1) is 21.3 Å². The number of hydrogen-bond donors (Lipinski definition) is 2. The van der Waals surface area contributed by atoms with Crippen molar-refractivity contribution in [1.82, 2.24) is 5.43 Å². The maximum absolute atomic E-state index is 12.7. The van der Waals surface area contributed by atoms with Crippen molar-refractivity contribution < 1.29 is 13.2 Å². The lowest BCUT2D eigenvalue weighted by Crippen LogP contribution is -2.22. The molecule has 1 aliphatic carbocycles. The number of carbonyl (C=O) groups excluding carboxylic acids is 1. The second kappa shape index (κ2) is 8.91. The topological polar surface area (TPSA) is 87.6 Å². The molecule has 0 atom stereocenters. The first kappa shape index (κ1) is 21.1. The van der Waals surface area contributed by atoms with Gasteiger partial charge >= 0.3 is 0 Å². The second-order valence-electron chi connectivity index (χ2n) is 7.12. The van der Waals surface area contributed by atoms with Gasteiger partial charge in [0.25, 0.3) is 15.9 Å². The Bertz CT molecular complexity index is 1270. The normalized spacial score (nSPS) is 14.7. The van der Waals surface area contributed by atoms with Crippen LogP contribution in [0.3, 0.4) is 0 Å². The van der Waals surface area contributed by atoms with Crippen LogP contribution in [0.15, 0.2) is 82.8 Å². The van der Waals surface area contributed by atoms with Crippen LogP contribution in [0.25, 0.3) is 0 Å². The minimum Gasteiger partial charge on any atom is -0.278 e. The van der Waals surface area contributed by atoms with Crippen LogP contribution in [0.1, 0.15) is 34.3 Å². The van der Waals surface area contributed by atoms with E-state index in [2.05, 4.69) is 21.3 Å². The third-order valence-electron chi connectivity index (χ3n) is 5.01. The summed E-state index contributed by atoms with van der Waals surface area (Å²) in [5.74, 6) is -0.481. The summed E-state index contributed by atoms with van der Waals surface area (Å²) in [6.07, 6.45) is 2.72. The number of nitrogens with zero attached hydrogens (tertiary/aromatic N) is 1. The van der Waals surface area contributed by atoms with Gasteiger partial charge in [-0.25, -0.2) is 13.8 Å². The number of nitrogens with one attached hydrogen (secondary N) is 2. The molecule has 0 heterocycles. The Morgan fingerprint density at radius 3 is 2.55 bits per heavy atom. The zero-order valence-electron chi connectivity index (χ0n) is 16.5. The number of amides is 1. The van der Waals surface area contributed by atoms with Gasteiger partial charge in [-0.2, -0.15) is 5.10 Å². The number of hydrogen-bond acceptors (Lipinski definition) is 4. The minimum atomic E-state index is -3.92. The Kier molecular flexibility index (Phi) is 6.06. The molecule has 1 amide bonds. The van der Waals surface area contributed by atoms with E-state index >= 15 is 0 Å². The number of halogens is 1. The first-order valence-corrected chi connectivity index (χ1v) is 11.6. The second-order valence-corrected chi connectivity index (χ2v) is 9.21. The average Bonchev–Trinajstić information content (AvgIpc) is 2.79. The van der Waals surface area contributed by atoms with E-state index in [1.54, 1.807) is 30.3 Å². The van der Waals surface area contributed by atoms with E-state index in [1.165, 1.54) is 23.8 Å². The van der Waals surface area contributed by atoms with Crippen LogP contribution >= 0.6 is 11.6 Å². The Hall–Kier alpha value is -3.16. The first-order chi connectivity index (χ1) is 14.9. The summed E-state index contributed by atoms with van der Waals surface area (Å²) < 4.78 is 27.9. The third-order valence-corrected chi connectivity index (χ3v) is 6.70. The molecular formula is C23H20ClN3O3S. The molecule has 0 spiro atoms. The van der Waals surface area contributed by atoms with Gasteiger partial charge in [-0.05, 0) is 55.2 Å². The van der Waals surface area contributed by atoms with Crippen molar-refractivity contribution in [2.24, 2.45) is 5.10 Å². The molecule has 8 heteroatoms. The minimum absolute atomic E-state index is 0.0456. The van der Waals surface area contributed by atoms with Crippen LogP contribution in [0.4, 0.5) is 5.69 Å². The Morgan fingerprint density at radius 2 is 1.71 bits per heavy atom. The fourth-order valence-electron chi connectivity index (χ4n) is 3.45. The smallest absolute Gasteiger partial charge is 0.271 e. The van der Waals surface area contributed by atoms with Crippen LogP contribution in [-0.2, 0) is 16.4 Å². The van der Waals surface area contributed by atoms with E-state index in [4.69, 9.17) is 11.6 Å². The van der Waals surface area contributed by atoms with Gasteiger partial charge in [-0.1, -0.05) is 54.1 Å². The molecule has 0 bridgehead atoms. The van der Waals surface area contributed by atoms with Gasteiger partial charge in [0.1, 0.15) is 0 Å². The predicted octanol–water partition coefficient (Wildman–Crippen LogP) is 4.61. The number of hydrazone groups is 1. The zero-order valence-corrected chi connectivity index (χ0v) is 18.1. The van der Waals surface area contributed by atoms with Crippen LogP contribution in [0, 0.1) is 0 Å². The summed E-state index contributed by atoms with van der Waals surface area (Å²) in [6.45, 7) is 0. The van der Waals surface area contributed by atoms with Gasteiger partial charge in [0, 0.05) is 11.1 Å². The van der Waals surface area contributed by atoms with Crippen molar-refractivity contribution in [3.8, 4) is 0 Å². The van der Waals surface area contributed by atoms with E-state index in [9.17, 15) is 13.2 Å². The predicted molar refractivity (Wildman–Crippen MR) is 122 cm³/mol. The maximum atomic E-state index is 12.7. The van der Waals surface area contributed by atoms with Gasteiger partial charge in [-0.3, -0.25) is 9.52 Å². The molecule has 158 valence electrons. The van der Waals surface area contributed by atoms with Crippen LogP contribution < -0.4 is 10.1 Å². The molecule has 2 N–H and O–H groups in total. The highest BCUT2D eigenvalue weighted by Crippen LogP contribution is 2.24. The molecule has 0 saturated carbocycles. The summed E-state index contributed by atoms with van der Waals surface area (Å²) >= 11 is 6.04. The molecule has 0 aromatic heterocycles. The van der Waals surface area contributed by atoms with Crippen molar-refractivity contribution in [3.63, 3.8) is 0 Å². The SMILES string of the molecule is O=C(N/N=C1\CCCc2ccccc21)c1cccc(S(=O)(=O)Nc2ccccc2Cl)c1. The number of rotatable bonds is 5. The van der Waals surface area contributed by atoms with Gasteiger partial charge in [0.15, 0.2) is 0 Å². The number of carbonyl (C=O) groups is 1. The Balaban J connectivity index is 1.53. The molecule has 3 aromatic rings. The van der Waals surface area contributed by atoms with Crippen molar-refractivity contribution >= 4 is 38.9 Å². The molecule has 1 aliphatic rings. The highest BCUT2D eigenvalue weighted by Gasteiger charge is 2.19. The van der Waals surface area contributed by atoms with Crippen molar-refractivity contribution in [2.45, 2.75) is 24.2 Å². The van der Waals surface area contributed by atoms with Crippen LogP contribution in [-0.4, -0.2) is 20.0 Å².